The van der Waals surface area contributed by atoms with Crippen LogP contribution in [0.5, 0.6) is 5.75 Å². The summed E-state index contributed by atoms with van der Waals surface area (Å²) in [5.41, 5.74) is 2.62. The van der Waals surface area contributed by atoms with Gasteiger partial charge in [0.25, 0.3) is 0 Å². The smallest absolute Gasteiger partial charge is 0.152 e. The van der Waals surface area contributed by atoms with Gasteiger partial charge >= 0.3 is 0 Å². The van der Waals surface area contributed by atoms with Gasteiger partial charge in [0, 0.05) is 29.9 Å². The normalized spacial score (nSPS) is 10.7. The first-order valence-electron chi connectivity index (χ1n) is 6.34. The van der Waals surface area contributed by atoms with Crippen LogP contribution in [-0.4, -0.2) is 22.9 Å². The van der Waals surface area contributed by atoms with E-state index in [1.165, 1.54) is 0 Å². The Bertz CT molecular complexity index is 745. The Morgan fingerprint density at radius 3 is 2.75 bits per heavy atom. The molecule has 0 aliphatic carbocycles. The summed E-state index contributed by atoms with van der Waals surface area (Å²) < 4.78 is 7.13. The van der Waals surface area contributed by atoms with E-state index in [9.17, 15) is 4.79 Å². The second kappa shape index (κ2) is 5.17. The average Bonchev–Trinajstić information content (AvgIpc) is 2.86. The molecule has 0 saturated heterocycles. The zero-order valence-electron chi connectivity index (χ0n) is 11.1. The van der Waals surface area contributed by atoms with Crippen molar-refractivity contribution in [2.45, 2.75) is 6.54 Å². The van der Waals surface area contributed by atoms with E-state index in [2.05, 4.69) is 4.98 Å². The van der Waals surface area contributed by atoms with Crippen LogP contribution in [0.3, 0.4) is 0 Å². The second-order valence-electron chi connectivity index (χ2n) is 4.55. The molecule has 0 saturated carbocycles. The van der Waals surface area contributed by atoms with Gasteiger partial charge in [-0.05, 0) is 29.8 Å². The van der Waals surface area contributed by atoms with Crippen LogP contribution in [0, 0.1) is 0 Å². The molecule has 0 amide bonds. The molecule has 0 aliphatic heterocycles. The fraction of sp³-hybridized carbons (Fsp3) is 0.125. The number of nitrogens with zero attached hydrogens (tertiary/aromatic N) is 2. The Balaban J connectivity index is 1.99. The lowest BCUT2D eigenvalue weighted by Gasteiger charge is -2.06. The van der Waals surface area contributed by atoms with Crippen molar-refractivity contribution < 1.29 is 9.53 Å². The van der Waals surface area contributed by atoms with Crippen molar-refractivity contribution in [3.05, 3.63) is 59.9 Å². The Labute approximate surface area is 116 Å². The van der Waals surface area contributed by atoms with E-state index < -0.39 is 0 Å². The molecule has 1 aromatic carbocycles. The highest BCUT2D eigenvalue weighted by Crippen LogP contribution is 2.20. The van der Waals surface area contributed by atoms with Crippen LogP contribution in [0.15, 0.2) is 48.8 Å². The standard InChI is InChI=1S/C16H14N2O2/c1-20-14-6-4-12(5-7-14)9-18-10-13(11-19)15-3-2-8-17-16(15)18/h2-8,10-11H,9H2,1H3. The topological polar surface area (TPSA) is 44.1 Å². The van der Waals surface area contributed by atoms with Gasteiger partial charge in [-0.25, -0.2) is 4.98 Å². The van der Waals surface area contributed by atoms with E-state index >= 15 is 0 Å². The van der Waals surface area contributed by atoms with Gasteiger partial charge in [-0.3, -0.25) is 4.79 Å². The first-order chi connectivity index (χ1) is 9.81. The first kappa shape index (κ1) is 12.4. The van der Waals surface area contributed by atoms with Gasteiger partial charge in [-0.15, -0.1) is 0 Å². The van der Waals surface area contributed by atoms with Gasteiger partial charge < -0.3 is 9.30 Å². The number of pyridine rings is 1. The van der Waals surface area contributed by atoms with Gasteiger partial charge in [-0.2, -0.15) is 0 Å². The largest absolute Gasteiger partial charge is 0.497 e. The van der Waals surface area contributed by atoms with Crippen molar-refractivity contribution in [2.75, 3.05) is 7.11 Å². The van der Waals surface area contributed by atoms with Crippen LogP contribution in [-0.2, 0) is 6.54 Å². The number of carbonyl (C=O) groups is 1. The van der Waals surface area contributed by atoms with Gasteiger partial charge in [-0.1, -0.05) is 12.1 Å². The van der Waals surface area contributed by atoms with Crippen molar-refractivity contribution in [3.63, 3.8) is 0 Å². The highest BCUT2D eigenvalue weighted by molar-refractivity contribution is 5.95. The number of ether oxygens (including phenoxy) is 1. The van der Waals surface area contributed by atoms with Gasteiger partial charge in [0.2, 0.25) is 0 Å². The first-order valence-corrected chi connectivity index (χ1v) is 6.34. The number of hydrogen-bond acceptors (Lipinski definition) is 3. The maximum absolute atomic E-state index is 11.1. The summed E-state index contributed by atoms with van der Waals surface area (Å²) >= 11 is 0. The molecular weight excluding hydrogens is 252 g/mol. The van der Waals surface area contributed by atoms with Crippen molar-refractivity contribution in [1.29, 1.82) is 0 Å². The SMILES string of the molecule is COc1ccc(Cn2cc(C=O)c3cccnc32)cc1. The molecule has 0 spiro atoms. The van der Waals surface area contributed by atoms with Gasteiger partial charge in [0.1, 0.15) is 11.4 Å². The number of aromatic nitrogens is 2. The van der Waals surface area contributed by atoms with Crippen molar-refractivity contribution in [3.8, 4) is 5.75 Å². The molecular formula is C16H14N2O2. The van der Waals surface area contributed by atoms with Crippen molar-refractivity contribution >= 4 is 17.3 Å². The zero-order valence-corrected chi connectivity index (χ0v) is 11.1. The third kappa shape index (κ3) is 2.16. The average molecular weight is 266 g/mol. The molecule has 3 rings (SSSR count). The number of benzene rings is 1. The molecule has 0 N–H and O–H groups in total. The minimum Gasteiger partial charge on any atom is -0.497 e. The van der Waals surface area contributed by atoms with Crippen LogP contribution in [0.25, 0.3) is 11.0 Å². The number of rotatable bonds is 4. The second-order valence-corrected chi connectivity index (χ2v) is 4.55. The molecule has 4 nitrogen and oxygen atoms in total. The number of carbonyl (C=O) groups excluding carboxylic acids is 1. The number of methoxy groups -OCH3 is 1. The predicted octanol–water partition coefficient (Wildman–Crippen LogP) is 2.91. The van der Waals surface area contributed by atoms with Crippen molar-refractivity contribution in [1.82, 2.24) is 9.55 Å². The summed E-state index contributed by atoms with van der Waals surface area (Å²) in [6, 6.07) is 11.6. The predicted molar refractivity (Wildman–Crippen MR) is 77.2 cm³/mol. The molecule has 20 heavy (non-hydrogen) atoms. The van der Waals surface area contributed by atoms with E-state index in [4.69, 9.17) is 4.74 Å². The summed E-state index contributed by atoms with van der Waals surface area (Å²) in [6.07, 6.45) is 4.45. The lowest BCUT2D eigenvalue weighted by atomic mass is 10.2. The molecule has 2 aromatic heterocycles. The lowest BCUT2D eigenvalue weighted by Crippen LogP contribution is -1.99. The van der Waals surface area contributed by atoms with E-state index in [-0.39, 0.29) is 0 Å². The summed E-state index contributed by atoms with van der Waals surface area (Å²) in [6.45, 7) is 0.672. The van der Waals surface area contributed by atoms with Crippen LogP contribution < -0.4 is 4.74 Å². The number of hydrogen-bond donors (Lipinski definition) is 0. The molecule has 3 aromatic rings. The molecule has 0 bridgehead atoms. The van der Waals surface area contributed by atoms with Gasteiger partial charge in [0.05, 0.1) is 7.11 Å². The highest BCUT2D eigenvalue weighted by Gasteiger charge is 2.08. The Morgan fingerprint density at radius 2 is 2.05 bits per heavy atom. The molecule has 4 heteroatoms. The van der Waals surface area contributed by atoms with Crippen LogP contribution in [0.4, 0.5) is 0 Å². The zero-order chi connectivity index (χ0) is 13.9. The maximum Gasteiger partial charge on any atom is 0.152 e. The molecule has 0 atom stereocenters. The number of fused-ring (bicyclic) bond motifs is 1. The highest BCUT2D eigenvalue weighted by atomic mass is 16.5. The molecule has 100 valence electrons. The van der Waals surface area contributed by atoms with Crippen LogP contribution >= 0.6 is 0 Å². The Hall–Kier alpha value is -2.62. The molecule has 0 fully saturated rings. The van der Waals surface area contributed by atoms with Crippen molar-refractivity contribution in [2.24, 2.45) is 0 Å². The Kier molecular flexibility index (Phi) is 3.21. The van der Waals surface area contributed by atoms with Crippen LogP contribution in [0.1, 0.15) is 15.9 Å². The van der Waals surface area contributed by atoms with Gasteiger partial charge in [0.15, 0.2) is 6.29 Å². The molecule has 2 heterocycles. The summed E-state index contributed by atoms with van der Waals surface area (Å²) in [7, 11) is 1.65. The van der Waals surface area contributed by atoms with E-state index in [0.29, 0.717) is 12.1 Å². The lowest BCUT2D eigenvalue weighted by molar-refractivity contribution is 0.112. The molecule has 0 aliphatic rings. The van der Waals surface area contributed by atoms with E-state index in [1.807, 2.05) is 47.2 Å². The minimum atomic E-state index is 0.668. The summed E-state index contributed by atoms with van der Waals surface area (Å²) in [5, 5.41) is 0.885. The monoisotopic (exact) mass is 266 g/mol. The third-order valence-electron chi connectivity index (χ3n) is 3.30. The number of aldehydes is 1. The fourth-order valence-corrected chi connectivity index (χ4v) is 2.29. The fourth-order valence-electron chi connectivity index (χ4n) is 2.29. The minimum absolute atomic E-state index is 0.668. The quantitative estimate of drug-likeness (QED) is 0.682. The Morgan fingerprint density at radius 1 is 1.25 bits per heavy atom. The van der Waals surface area contributed by atoms with Crippen LogP contribution in [0.2, 0.25) is 0 Å². The van der Waals surface area contributed by atoms with E-state index in [0.717, 1.165) is 28.6 Å². The molecule has 0 radical (unpaired) electrons. The summed E-state index contributed by atoms with van der Waals surface area (Å²) in [4.78, 5) is 15.5. The third-order valence-corrected chi connectivity index (χ3v) is 3.30. The van der Waals surface area contributed by atoms with E-state index in [1.54, 1.807) is 13.3 Å². The summed E-state index contributed by atoms with van der Waals surface area (Å²) in [5.74, 6) is 0.831. The molecule has 0 unspecified atom stereocenters. The maximum atomic E-state index is 11.1.